The summed E-state index contributed by atoms with van der Waals surface area (Å²) < 4.78 is 5.47. The summed E-state index contributed by atoms with van der Waals surface area (Å²) in [6, 6.07) is 8.33. The molecule has 3 rings (SSSR count). The van der Waals surface area contributed by atoms with Crippen molar-refractivity contribution in [3.8, 4) is 0 Å². The van der Waals surface area contributed by atoms with Crippen LogP contribution in [0.2, 0.25) is 0 Å². The SMILES string of the molecule is CN=C(NCc1ccccc1CN1CCCC1=O)N(C)CC1CCOC1. The highest BCUT2D eigenvalue weighted by Gasteiger charge is 2.21. The van der Waals surface area contributed by atoms with Gasteiger partial charge in [0.15, 0.2) is 5.96 Å². The lowest BCUT2D eigenvalue weighted by Crippen LogP contribution is -2.41. The van der Waals surface area contributed by atoms with Crippen LogP contribution in [0.1, 0.15) is 30.4 Å². The molecule has 6 heteroatoms. The van der Waals surface area contributed by atoms with Crippen molar-refractivity contribution in [1.29, 1.82) is 0 Å². The maximum Gasteiger partial charge on any atom is 0.222 e. The van der Waals surface area contributed by atoms with Crippen LogP contribution in [-0.4, -0.2) is 62.1 Å². The van der Waals surface area contributed by atoms with Gasteiger partial charge in [-0.05, 0) is 24.0 Å². The van der Waals surface area contributed by atoms with Gasteiger partial charge in [0, 0.05) is 59.2 Å². The lowest BCUT2D eigenvalue weighted by atomic mass is 10.1. The molecule has 1 aromatic carbocycles. The molecule has 6 nitrogen and oxygen atoms in total. The van der Waals surface area contributed by atoms with Gasteiger partial charge >= 0.3 is 0 Å². The lowest BCUT2D eigenvalue weighted by molar-refractivity contribution is -0.128. The number of aliphatic imine (C=N–C) groups is 1. The number of hydrogen-bond acceptors (Lipinski definition) is 3. The Balaban J connectivity index is 1.58. The summed E-state index contributed by atoms with van der Waals surface area (Å²) in [5, 5.41) is 3.47. The van der Waals surface area contributed by atoms with Gasteiger partial charge in [0.2, 0.25) is 5.91 Å². The maximum atomic E-state index is 11.9. The first-order chi connectivity index (χ1) is 12.7. The highest BCUT2D eigenvalue weighted by atomic mass is 16.5. The number of benzene rings is 1. The van der Waals surface area contributed by atoms with E-state index in [4.69, 9.17) is 4.74 Å². The van der Waals surface area contributed by atoms with Crippen LogP contribution < -0.4 is 5.32 Å². The van der Waals surface area contributed by atoms with E-state index in [-0.39, 0.29) is 5.91 Å². The normalized spacial score (nSPS) is 20.7. The summed E-state index contributed by atoms with van der Waals surface area (Å²) >= 11 is 0. The fourth-order valence-electron chi connectivity index (χ4n) is 3.72. The smallest absolute Gasteiger partial charge is 0.222 e. The Labute approximate surface area is 156 Å². The average molecular weight is 358 g/mol. The van der Waals surface area contributed by atoms with Crippen molar-refractivity contribution in [3.63, 3.8) is 0 Å². The predicted molar refractivity (Wildman–Crippen MR) is 103 cm³/mol. The number of rotatable bonds is 6. The molecular formula is C20H30N4O2. The molecule has 2 heterocycles. The van der Waals surface area contributed by atoms with Crippen LogP contribution in [0.25, 0.3) is 0 Å². The molecular weight excluding hydrogens is 328 g/mol. The first-order valence-electron chi connectivity index (χ1n) is 9.51. The van der Waals surface area contributed by atoms with Gasteiger partial charge in [-0.2, -0.15) is 0 Å². The lowest BCUT2D eigenvalue weighted by Gasteiger charge is -2.25. The van der Waals surface area contributed by atoms with Gasteiger partial charge in [-0.15, -0.1) is 0 Å². The highest BCUT2D eigenvalue weighted by molar-refractivity contribution is 5.79. The van der Waals surface area contributed by atoms with Crippen LogP contribution in [0.15, 0.2) is 29.3 Å². The average Bonchev–Trinajstić information content (AvgIpc) is 3.29. The first kappa shape index (κ1) is 18.7. The van der Waals surface area contributed by atoms with E-state index in [9.17, 15) is 4.79 Å². The summed E-state index contributed by atoms with van der Waals surface area (Å²) in [6.45, 7) is 4.93. The molecule has 1 aromatic rings. The van der Waals surface area contributed by atoms with E-state index in [0.717, 1.165) is 45.1 Å². The quantitative estimate of drug-likeness (QED) is 0.623. The van der Waals surface area contributed by atoms with Gasteiger partial charge in [-0.3, -0.25) is 9.79 Å². The molecule has 26 heavy (non-hydrogen) atoms. The van der Waals surface area contributed by atoms with Gasteiger partial charge in [0.25, 0.3) is 0 Å². The van der Waals surface area contributed by atoms with E-state index in [0.29, 0.717) is 25.4 Å². The van der Waals surface area contributed by atoms with Crippen molar-refractivity contribution in [3.05, 3.63) is 35.4 Å². The Morgan fingerprint density at radius 3 is 2.85 bits per heavy atom. The highest BCUT2D eigenvalue weighted by Crippen LogP contribution is 2.17. The third-order valence-electron chi connectivity index (χ3n) is 5.22. The number of nitrogens with zero attached hydrogens (tertiary/aromatic N) is 3. The number of carbonyl (C=O) groups excluding carboxylic acids is 1. The zero-order valence-corrected chi connectivity index (χ0v) is 15.9. The van der Waals surface area contributed by atoms with Crippen molar-refractivity contribution < 1.29 is 9.53 Å². The fraction of sp³-hybridized carbons (Fsp3) is 0.600. The molecule has 0 aliphatic carbocycles. The number of carbonyl (C=O) groups is 1. The molecule has 0 radical (unpaired) electrons. The molecule has 2 saturated heterocycles. The number of guanidine groups is 1. The van der Waals surface area contributed by atoms with Crippen molar-refractivity contribution in [2.45, 2.75) is 32.4 Å². The van der Waals surface area contributed by atoms with Gasteiger partial charge < -0.3 is 19.9 Å². The van der Waals surface area contributed by atoms with E-state index < -0.39 is 0 Å². The molecule has 2 aliphatic heterocycles. The number of hydrogen-bond donors (Lipinski definition) is 1. The number of likely N-dealkylation sites (tertiary alicyclic amines) is 1. The second kappa shape index (κ2) is 9.03. The molecule has 2 aliphatic rings. The van der Waals surface area contributed by atoms with Gasteiger partial charge in [0.05, 0.1) is 6.61 Å². The van der Waals surface area contributed by atoms with Gasteiger partial charge in [-0.25, -0.2) is 0 Å². The summed E-state index contributed by atoms with van der Waals surface area (Å²) in [4.78, 5) is 20.5. The van der Waals surface area contributed by atoms with Crippen LogP contribution in [-0.2, 0) is 22.6 Å². The fourth-order valence-corrected chi connectivity index (χ4v) is 3.72. The van der Waals surface area contributed by atoms with E-state index in [1.54, 1.807) is 0 Å². The van der Waals surface area contributed by atoms with Crippen LogP contribution in [0.4, 0.5) is 0 Å². The Hall–Kier alpha value is -2.08. The Morgan fingerprint density at radius 1 is 1.38 bits per heavy atom. The van der Waals surface area contributed by atoms with Crippen molar-refractivity contribution in [1.82, 2.24) is 15.1 Å². The second-order valence-corrected chi connectivity index (χ2v) is 7.20. The molecule has 0 bridgehead atoms. The minimum Gasteiger partial charge on any atom is -0.381 e. The number of nitrogens with one attached hydrogen (secondary N) is 1. The molecule has 0 aromatic heterocycles. The van der Waals surface area contributed by atoms with Gasteiger partial charge in [-0.1, -0.05) is 24.3 Å². The topological polar surface area (TPSA) is 57.2 Å². The largest absolute Gasteiger partial charge is 0.381 e. The summed E-state index contributed by atoms with van der Waals surface area (Å²) in [5.41, 5.74) is 2.42. The number of ether oxygens (including phenoxy) is 1. The minimum absolute atomic E-state index is 0.266. The third-order valence-corrected chi connectivity index (χ3v) is 5.22. The molecule has 142 valence electrons. The molecule has 1 unspecified atom stereocenters. The number of amides is 1. The van der Waals surface area contributed by atoms with Gasteiger partial charge in [0.1, 0.15) is 0 Å². The zero-order chi connectivity index (χ0) is 18.4. The van der Waals surface area contributed by atoms with Crippen LogP contribution in [0.5, 0.6) is 0 Å². The molecule has 1 N–H and O–H groups in total. The standard InChI is InChI=1S/C20H30N4O2/c1-21-20(23(2)13-16-9-11-26-15-16)22-12-17-6-3-4-7-18(17)14-24-10-5-8-19(24)25/h3-4,6-7,16H,5,8-15H2,1-2H3,(H,21,22). The molecule has 1 amide bonds. The Morgan fingerprint density at radius 2 is 2.19 bits per heavy atom. The third kappa shape index (κ3) is 4.75. The summed E-state index contributed by atoms with van der Waals surface area (Å²) in [5.74, 6) is 1.73. The predicted octanol–water partition coefficient (Wildman–Crippen LogP) is 1.85. The van der Waals surface area contributed by atoms with Crippen LogP contribution >= 0.6 is 0 Å². The van der Waals surface area contributed by atoms with Crippen LogP contribution in [0, 0.1) is 5.92 Å². The first-order valence-corrected chi connectivity index (χ1v) is 9.51. The zero-order valence-electron chi connectivity index (χ0n) is 15.9. The van der Waals surface area contributed by atoms with Crippen molar-refractivity contribution in [2.24, 2.45) is 10.9 Å². The summed E-state index contributed by atoms with van der Waals surface area (Å²) in [7, 11) is 3.89. The Bertz CT molecular complexity index is 640. The summed E-state index contributed by atoms with van der Waals surface area (Å²) in [6.07, 6.45) is 2.78. The maximum absolute atomic E-state index is 11.9. The Kier molecular flexibility index (Phi) is 6.50. The van der Waals surface area contributed by atoms with E-state index in [2.05, 4.69) is 40.5 Å². The van der Waals surface area contributed by atoms with E-state index >= 15 is 0 Å². The molecule has 0 saturated carbocycles. The van der Waals surface area contributed by atoms with Crippen molar-refractivity contribution >= 4 is 11.9 Å². The minimum atomic E-state index is 0.266. The monoisotopic (exact) mass is 358 g/mol. The molecule has 0 spiro atoms. The van der Waals surface area contributed by atoms with E-state index in [1.165, 1.54) is 11.1 Å². The van der Waals surface area contributed by atoms with E-state index in [1.807, 2.05) is 18.0 Å². The second-order valence-electron chi connectivity index (χ2n) is 7.20. The molecule has 2 fully saturated rings. The van der Waals surface area contributed by atoms with Crippen molar-refractivity contribution in [2.75, 3.05) is 40.4 Å². The van der Waals surface area contributed by atoms with Crippen LogP contribution in [0.3, 0.4) is 0 Å². The molecule has 1 atom stereocenters.